The minimum absolute atomic E-state index is 0.696. The predicted octanol–water partition coefficient (Wildman–Crippen LogP) is 0.0533. The van der Waals surface area contributed by atoms with Gasteiger partial charge in [0.05, 0.1) is 5.16 Å². The maximum Gasteiger partial charge on any atom is 0.349 e. The molecule has 2 heterocycles. The van der Waals surface area contributed by atoms with Crippen molar-refractivity contribution in [3.8, 4) is 33.8 Å². The fourth-order valence-electron chi connectivity index (χ4n) is 3.19. The number of benzene rings is 3. The Labute approximate surface area is 185 Å². The first-order valence-corrected chi connectivity index (χ1v) is 10.6. The van der Waals surface area contributed by atoms with Crippen LogP contribution in [0.1, 0.15) is 0 Å². The molecule has 8 nitrogen and oxygen atoms in total. The fourth-order valence-corrected chi connectivity index (χ4v) is 3.19. The van der Waals surface area contributed by atoms with Crippen LogP contribution < -0.4 is 23.2 Å². The first-order chi connectivity index (χ1) is 15.4. The third-order valence-electron chi connectivity index (χ3n) is 4.52. The second-order valence-electron chi connectivity index (χ2n) is 6.64. The lowest BCUT2D eigenvalue weighted by Gasteiger charge is -2.17. The largest absolute Gasteiger partial charge is 0.349 e. The highest BCUT2D eigenvalue weighted by Crippen LogP contribution is 2.26. The molecular weight excluding hydrogens is 434 g/mol. The van der Waals surface area contributed by atoms with E-state index in [1.807, 2.05) is 72.8 Å². The van der Waals surface area contributed by atoms with Gasteiger partial charge in [0.25, 0.3) is 5.69 Å². The molecule has 0 amide bonds. The number of rotatable bonds is 3. The molecule has 0 saturated carbocycles. The van der Waals surface area contributed by atoms with Crippen LogP contribution in [0.25, 0.3) is 39.4 Å². The summed E-state index contributed by atoms with van der Waals surface area (Å²) < 4.78 is 41.4. The van der Waals surface area contributed by atoms with E-state index in [9.17, 15) is 0 Å². The first-order valence-electron chi connectivity index (χ1n) is 9.41. The number of hydrogen-bond acceptors (Lipinski definition) is 7. The molecule has 0 bridgehead atoms. The van der Waals surface area contributed by atoms with Gasteiger partial charge in [0.1, 0.15) is 5.69 Å². The van der Waals surface area contributed by atoms with Gasteiger partial charge in [0, 0.05) is 22.8 Å². The molecule has 3 aromatic carbocycles. The maximum absolute atomic E-state index is 8.49. The van der Waals surface area contributed by atoms with E-state index in [2.05, 4.69) is 29.4 Å². The van der Waals surface area contributed by atoms with E-state index in [0.717, 1.165) is 33.8 Å². The van der Waals surface area contributed by atoms with Crippen LogP contribution in [-0.2, 0) is 0 Å². The Morgan fingerprint density at radius 1 is 0.656 bits per heavy atom. The van der Waals surface area contributed by atoms with E-state index in [1.165, 1.54) is 0 Å². The zero-order valence-corrected chi connectivity index (χ0v) is 17.3. The Morgan fingerprint density at radius 3 is 1.66 bits per heavy atom. The Balaban J connectivity index is 0.000000444. The standard InChI is InChI=1S/C23H16N3O.ClHO4/c1-4-10-17(11-5-1)20-16-21(18-12-6-2-7-13-18)26-23(24-20)22(25-27-26)19-14-8-3-9-15-19;2-1(3,4)5/h1-16H;(H,2,3,4,5)/q+1;/p-1. The van der Waals surface area contributed by atoms with Crippen LogP contribution >= 0.6 is 0 Å². The van der Waals surface area contributed by atoms with E-state index >= 15 is 0 Å². The van der Waals surface area contributed by atoms with Gasteiger partial charge in [-0.1, -0.05) is 96.0 Å². The first kappa shape index (κ1) is 21.6. The number of nitrogens with zero attached hydrogens (tertiary/aromatic N) is 3. The Kier molecular flexibility index (Phi) is 6.22. The molecule has 160 valence electrons. The van der Waals surface area contributed by atoms with Crippen molar-refractivity contribution in [3.63, 3.8) is 0 Å². The van der Waals surface area contributed by atoms with E-state index in [1.54, 1.807) is 4.57 Å². The van der Waals surface area contributed by atoms with Crippen molar-refractivity contribution in [1.29, 1.82) is 0 Å². The smallest absolute Gasteiger partial charge is 0.222 e. The van der Waals surface area contributed by atoms with Crippen molar-refractivity contribution in [3.05, 3.63) is 97.1 Å². The summed E-state index contributed by atoms with van der Waals surface area (Å²) in [7, 11) is -4.94. The van der Waals surface area contributed by atoms with Crippen molar-refractivity contribution in [1.82, 2.24) is 10.1 Å². The lowest BCUT2D eigenvalue weighted by atomic mass is 10.1. The van der Waals surface area contributed by atoms with Crippen LogP contribution in [0.3, 0.4) is 0 Å². The minimum atomic E-state index is -4.94. The molecule has 5 aromatic rings. The molecule has 32 heavy (non-hydrogen) atoms. The van der Waals surface area contributed by atoms with Gasteiger partial charge >= 0.3 is 5.65 Å². The molecule has 0 unspecified atom stereocenters. The average Bonchev–Trinajstić information content (AvgIpc) is 3.23. The highest BCUT2D eigenvalue weighted by Gasteiger charge is 2.25. The summed E-state index contributed by atoms with van der Waals surface area (Å²) in [5, 5.41) is 4.31. The molecule has 0 saturated heterocycles. The molecular formula is C23H16ClN3O5. The van der Waals surface area contributed by atoms with Crippen LogP contribution in [0.2, 0.25) is 0 Å². The van der Waals surface area contributed by atoms with Gasteiger partial charge in [-0.25, -0.2) is 18.6 Å². The molecule has 0 aliphatic rings. The number of hydrogen-bond donors (Lipinski definition) is 0. The number of aromatic nitrogens is 3. The zero-order chi connectivity index (χ0) is 22.6. The van der Waals surface area contributed by atoms with Crippen molar-refractivity contribution >= 4 is 5.65 Å². The van der Waals surface area contributed by atoms with Crippen molar-refractivity contribution in [2.45, 2.75) is 0 Å². The Morgan fingerprint density at radius 2 is 1.12 bits per heavy atom. The van der Waals surface area contributed by atoms with Crippen LogP contribution in [-0.4, -0.2) is 10.1 Å². The molecule has 2 aromatic heterocycles. The summed E-state index contributed by atoms with van der Waals surface area (Å²) in [4.78, 5) is 4.87. The summed E-state index contributed by atoms with van der Waals surface area (Å²) in [6, 6.07) is 32.3. The number of halogens is 1. The molecule has 0 atom stereocenters. The summed E-state index contributed by atoms with van der Waals surface area (Å²) in [6.45, 7) is 0. The van der Waals surface area contributed by atoms with E-state index in [4.69, 9.17) is 28.2 Å². The molecule has 0 aliphatic heterocycles. The highest BCUT2D eigenvalue weighted by molar-refractivity contribution is 5.74. The van der Waals surface area contributed by atoms with Crippen molar-refractivity contribution in [2.24, 2.45) is 0 Å². The quantitative estimate of drug-likeness (QED) is 0.355. The van der Waals surface area contributed by atoms with Gasteiger partial charge in [-0.05, 0) is 4.57 Å². The summed E-state index contributed by atoms with van der Waals surface area (Å²) in [5.41, 5.74) is 6.29. The van der Waals surface area contributed by atoms with Crippen LogP contribution in [0.4, 0.5) is 0 Å². The van der Waals surface area contributed by atoms with Crippen LogP contribution in [0.15, 0.2) is 102 Å². The van der Waals surface area contributed by atoms with Gasteiger partial charge in [-0.15, -0.1) is 14.9 Å². The minimum Gasteiger partial charge on any atom is -0.222 e. The van der Waals surface area contributed by atoms with Gasteiger partial charge in [-0.3, -0.25) is 0 Å². The van der Waals surface area contributed by atoms with E-state index in [-0.39, 0.29) is 0 Å². The normalized spacial score (nSPS) is 11.1. The molecule has 0 N–H and O–H groups in total. The van der Waals surface area contributed by atoms with Gasteiger partial charge < -0.3 is 0 Å². The third-order valence-corrected chi connectivity index (χ3v) is 4.52. The van der Waals surface area contributed by atoms with Crippen molar-refractivity contribution < 1.29 is 38.1 Å². The Hall–Kier alpha value is -3.66. The highest BCUT2D eigenvalue weighted by atomic mass is 35.7. The fraction of sp³-hybridized carbons (Fsp3) is 0. The molecule has 0 radical (unpaired) electrons. The second kappa shape index (κ2) is 9.23. The van der Waals surface area contributed by atoms with Gasteiger partial charge in [-0.2, -0.15) is 0 Å². The average molecular weight is 450 g/mol. The predicted molar refractivity (Wildman–Crippen MR) is 104 cm³/mol. The van der Waals surface area contributed by atoms with Crippen LogP contribution in [0.5, 0.6) is 0 Å². The topological polar surface area (TPSA) is 135 Å². The Bertz CT molecular complexity index is 1300. The maximum atomic E-state index is 8.49. The molecule has 0 fully saturated rings. The molecule has 0 spiro atoms. The SMILES string of the molecule is [O-][Cl+3]([O-])([O-])[O-].c1ccc(-c2cc(-c3ccccc3)[n+]3onc(-c4ccccc4)c3n2)cc1. The molecule has 9 heteroatoms. The van der Waals surface area contributed by atoms with Gasteiger partial charge in [0.15, 0.2) is 5.69 Å². The lowest BCUT2D eigenvalue weighted by Crippen LogP contribution is -2.68. The van der Waals surface area contributed by atoms with Crippen molar-refractivity contribution in [2.75, 3.05) is 0 Å². The monoisotopic (exact) mass is 449 g/mol. The number of fused-ring (bicyclic) bond motifs is 1. The summed E-state index contributed by atoms with van der Waals surface area (Å²) in [5.74, 6) is 0. The van der Waals surface area contributed by atoms with Gasteiger partial charge in [0.2, 0.25) is 0 Å². The summed E-state index contributed by atoms with van der Waals surface area (Å²) >= 11 is 0. The lowest BCUT2D eigenvalue weighted by molar-refractivity contribution is -2.00. The molecule has 0 aliphatic carbocycles. The second-order valence-corrected chi connectivity index (χ2v) is 7.40. The van der Waals surface area contributed by atoms with E-state index in [0.29, 0.717) is 5.65 Å². The zero-order valence-electron chi connectivity index (χ0n) is 16.5. The third kappa shape index (κ3) is 5.14. The molecule has 5 rings (SSSR count). The van der Waals surface area contributed by atoms with E-state index < -0.39 is 10.2 Å². The summed E-state index contributed by atoms with van der Waals surface area (Å²) in [6.07, 6.45) is 0. The van der Waals surface area contributed by atoms with Crippen LogP contribution in [0, 0.1) is 10.2 Å².